The first-order chi connectivity index (χ1) is 11.1. The number of carbonyl (C=O) groups is 2. The lowest BCUT2D eigenvalue weighted by Gasteiger charge is -2.09. The molecule has 6 nitrogen and oxygen atoms in total. The normalized spacial score (nSPS) is 15.7. The number of benzene rings is 1. The van der Waals surface area contributed by atoms with Gasteiger partial charge >= 0.3 is 5.97 Å². The SMILES string of the molecule is CCOC(=O)COc1ccccc1/C=C1\NC(=S)N(CC)C1=O. The van der Waals surface area contributed by atoms with Gasteiger partial charge in [0, 0.05) is 12.1 Å². The second-order valence-electron chi connectivity index (χ2n) is 4.67. The molecule has 0 saturated carbocycles. The fourth-order valence-corrected chi connectivity index (χ4v) is 2.41. The number of carbonyl (C=O) groups excluding carboxylic acids is 2. The first kappa shape index (κ1) is 17.0. The molecule has 7 heteroatoms. The summed E-state index contributed by atoms with van der Waals surface area (Å²) in [6, 6.07) is 7.12. The van der Waals surface area contributed by atoms with Crippen molar-refractivity contribution in [3.8, 4) is 5.75 Å². The van der Waals surface area contributed by atoms with Gasteiger partial charge in [-0.25, -0.2) is 4.79 Å². The quantitative estimate of drug-likeness (QED) is 0.485. The fourth-order valence-electron chi connectivity index (χ4n) is 2.08. The van der Waals surface area contributed by atoms with Gasteiger partial charge in [-0.1, -0.05) is 18.2 Å². The van der Waals surface area contributed by atoms with Gasteiger partial charge in [0.25, 0.3) is 5.91 Å². The first-order valence-corrected chi connectivity index (χ1v) is 7.69. The molecule has 1 fully saturated rings. The molecule has 0 aromatic heterocycles. The molecule has 1 aromatic carbocycles. The van der Waals surface area contributed by atoms with Crippen molar-refractivity contribution in [2.45, 2.75) is 13.8 Å². The van der Waals surface area contributed by atoms with E-state index in [2.05, 4.69) is 5.32 Å². The van der Waals surface area contributed by atoms with Crippen molar-refractivity contribution < 1.29 is 19.1 Å². The van der Waals surface area contributed by atoms with E-state index in [4.69, 9.17) is 21.7 Å². The van der Waals surface area contributed by atoms with Crippen molar-refractivity contribution in [3.05, 3.63) is 35.5 Å². The number of likely N-dealkylation sites (N-methyl/N-ethyl adjacent to an activating group) is 1. The maximum atomic E-state index is 12.2. The Bertz CT molecular complexity index is 657. The molecule has 0 bridgehead atoms. The minimum absolute atomic E-state index is 0.183. The Balaban J connectivity index is 2.18. The van der Waals surface area contributed by atoms with Crippen LogP contribution in [0.25, 0.3) is 6.08 Å². The third-order valence-corrected chi connectivity index (χ3v) is 3.47. The molecule has 0 atom stereocenters. The maximum Gasteiger partial charge on any atom is 0.344 e. The Morgan fingerprint density at radius 3 is 2.74 bits per heavy atom. The van der Waals surface area contributed by atoms with Crippen molar-refractivity contribution in [2.75, 3.05) is 19.8 Å². The summed E-state index contributed by atoms with van der Waals surface area (Å²) in [6.45, 7) is 4.20. The molecule has 1 aliphatic heterocycles. The highest BCUT2D eigenvalue weighted by Crippen LogP contribution is 2.22. The van der Waals surface area contributed by atoms with Crippen LogP contribution < -0.4 is 10.1 Å². The van der Waals surface area contributed by atoms with Crippen LogP contribution in [-0.2, 0) is 14.3 Å². The van der Waals surface area contributed by atoms with Gasteiger partial charge in [0.05, 0.1) is 6.61 Å². The van der Waals surface area contributed by atoms with E-state index in [0.717, 1.165) is 0 Å². The number of thiocarbonyl (C=S) groups is 1. The minimum Gasteiger partial charge on any atom is -0.481 e. The highest BCUT2D eigenvalue weighted by Gasteiger charge is 2.29. The van der Waals surface area contributed by atoms with Crippen molar-refractivity contribution in [3.63, 3.8) is 0 Å². The van der Waals surface area contributed by atoms with E-state index in [1.165, 1.54) is 4.90 Å². The number of nitrogens with zero attached hydrogens (tertiary/aromatic N) is 1. The molecular weight excluding hydrogens is 316 g/mol. The van der Waals surface area contributed by atoms with E-state index in [9.17, 15) is 9.59 Å². The molecule has 1 aliphatic rings. The van der Waals surface area contributed by atoms with E-state index in [0.29, 0.717) is 35.3 Å². The van der Waals surface area contributed by atoms with E-state index in [1.807, 2.05) is 13.0 Å². The van der Waals surface area contributed by atoms with Gasteiger partial charge < -0.3 is 14.8 Å². The van der Waals surface area contributed by atoms with Crippen LogP contribution in [0.1, 0.15) is 19.4 Å². The summed E-state index contributed by atoms with van der Waals surface area (Å²) in [5.74, 6) is -0.135. The molecule has 1 heterocycles. The zero-order valence-electron chi connectivity index (χ0n) is 13.0. The molecule has 0 aliphatic carbocycles. The number of para-hydroxylation sites is 1. The zero-order chi connectivity index (χ0) is 16.8. The van der Waals surface area contributed by atoms with Gasteiger partial charge in [-0.2, -0.15) is 0 Å². The smallest absolute Gasteiger partial charge is 0.344 e. The number of ether oxygens (including phenoxy) is 2. The number of nitrogens with one attached hydrogen (secondary N) is 1. The van der Waals surface area contributed by atoms with Crippen molar-refractivity contribution in [2.24, 2.45) is 0 Å². The Labute approximate surface area is 140 Å². The number of esters is 1. The second-order valence-corrected chi connectivity index (χ2v) is 5.06. The summed E-state index contributed by atoms with van der Waals surface area (Å²) in [4.78, 5) is 25.1. The van der Waals surface area contributed by atoms with Crippen LogP contribution in [-0.4, -0.2) is 41.6 Å². The number of rotatable bonds is 6. The molecule has 1 amide bonds. The van der Waals surface area contributed by atoms with Crippen molar-refractivity contribution in [1.29, 1.82) is 0 Å². The van der Waals surface area contributed by atoms with Gasteiger partial charge in [-0.3, -0.25) is 9.69 Å². The van der Waals surface area contributed by atoms with Crippen LogP contribution in [0.3, 0.4) is 0 Å². The maximum absolute atomic E-state index is 12.2. The highest BCUT2D eigenvalue weighted by molar-refractivity contribution is 7.80. The number of hydrogen-bond donors (Lipinski definition) is 1. The molecule has 23 heavy (non-hydrogen) atoms. The van der Waals surface area contributed by atoms with E-state index in [1.54, 1.807) is 31.2 Å². The van der Waals surface area contributed by atoms with E-state index >= 15 is 0 Å². The van der Waals surface area contributed by atoms with Crippen LogP contribution >= 0.6 is 12.2 Å². The molecule has 0 unspecified atom stereocenters. The number of amides is 1. The molecule has 1 aromatic rings. The van der Waals surface area contributed by atoms with Crippen molar-refractivity contribution in [1.82, 2.24) is 10.2 Å². The Hall–Kier alpha value is -2.41. The van der Waals surface area contributed by atoms with E-state index < -0.39 is 5.97 Å². The first-order valence-electron chi connectivity index (χ1n) is 7.28. The molecular formula is C16H18N2O4S. The van der Waals surface area contributed by atoms with Crippen LogP contribution in [0, 0.1) is 0 Å². The monoisotopic (exact) mass is 334 g/mol. The summed E-state index contributed by atoms with van der Waals surface area (Å²) in [6.07, 6.45) is 1.66. The lowest BCUT2D eigenvalue weighted by atomic mass is 10.1. The number of hydrogen-bond acceptors (Lipinski definition) is 5. The van der Waals surface area contributed by atoms with Gasteiger partial charge in [-0.05, 0) is 38.2 Å². The van der Waals surface area contributed by atoms with Gasteiger partial charge in [-0.15, -0.1) is 0 Å². The highest BCUT2D eigenvalue weighted by atomic mass is 32.1. The van der Waals surface area contributed by atoms with Gasteiger partial charge in [0.15, 0.2) is 11.7 Å². The molecule has 1 saturated heterocycles. The molecule has 0 radical (unpaired) electrons. The summed E-state index contributed by atoms with van der Waals surface area (Å²) in [7, 11) is 0. The zero-order valence-corrected chi connectivity index (χ0v) is 13.8. The topological polar surface area (TPSA) is 67.9 Å². The minimum atomic E-state index is -0.441. The predicted octanol–water partition coefficient (Wildman–Crippen LogP) is 1.71. The predicted molar refractivity (Wildman–Crippen MR) is 89.7 cm³/mol. The Morgan fingerprint density at radius 2 is 2.09 bits per heavy atom. The summed E-state index contributed by atoms with van der Waals surface area (Å²) in [5, 5.41) is 3.27. The van der Waals surface area contributed by atoms with Crippen LogP contribution in [0.15, 0.2) is 30.0 Å². The second kappa shape index (κ2) is 7.73. The third kappa shape index (κ3) is 4.07. The van der Waals surface area contributed by atoms with Crippen molar-refractivity contribution >= 4 is 35.3 Å². The van der Waals surface area contributed by atoms with Crippen LogP contribution in [0.5, 0.6) is 5.75 Å². The average molecular weight is 334 g/mol. The largest absolute Gasteiger partial charge is 0.481 e. The van der Waals surface area contributed by atoms with Gasteiger partial charge in [0.1, 0.15) is 11.4 Å². The molecule has 122 valence electrons. The summed E-state index contributed by atoms with van der Waals surface area (Å²) in [5.41, 5.74) is 1.05. The van der Waals surface area contributed by atoms with E-state index in [-0.39, 0.29) is 12.5 Å². The van der Waals surface area contributed by atoms with Crippen LogP contribution in [0.4, 0.5) is 0 Å². The standard InChI is InChI=1S/C16H18N2O4S/c1-3-18-15(20)12(17-16(18)23)9-11-7-5-6-8-13(11)22-10-14(19)21-4-2/h5-9H,3-4,10H2,1-2H3,(H,17,23)/b12-9-. The van der Waals surface area contributed by atoms with Crippen LogP contribution in [0.2, 0.25) is 0 Å². The third-order valence-electron chi connectivity index (χ3n) is 3.15. The Morgan fingerprint density at radius 1 is 1.35 bits per heavy atom. The lowest BCUT2D eigenvalue weighted by molar-refractivity contribution is -0.145. The average Bonchev–Trinajstić information content (AvgIpc) is 2.80. The fraction of sp³-hybridized carbons (Fsp3) is 0.312. The molecule has 2 rings (SSSR count). The summed E-state index contributed by atoms with van der Waals surface area (Å²) >= 11 is 5.12. The van der Waals surface area contributed by atoms with Gasteiger partial charge in [0.2, 0.25) is 0 Å². The molecule has 1 N–H and O–H groups in total. The molecule has 0 spiro atoms. The lowest BCUT2D eigenvalue weighted by Crippen LogP contribution is -2.30. The Kier molecular flexibility index (Phi) is 5.70. The summed E-state index contributed by atoms with van der Waals surface area (Å²) < 4.78 is 10.3.